The molecule has 9 heteroatoms. The highest BCUT2D eigenvalue weighted by Crippen LogP contribution is 2.24. The van der Waals surface area contributed by atoms with Crippen molar-refractivity contribution in [2.45, 2.75) is 26.9 Å². The molecule has 0 atom stereocenters. The minimum Gasteiger partial charge on any atom is -0.379 e. The van der Waals surface area contributed by atoms with E-state index in [1.54, 1.807) is 16.8 Å². The number of rotatable bonds is 6. The van der Waals surface area contributed by atoms with Gasteiger partial charge in [-0.15, -0.1) is 0 Å². The van der Waals surface area contributed by atoms with Crippen molar-refractivity contribution >= 4 is 17.2 Å². The van der Waals surface area contributed by atoms with Crippen LogP contribution in [0.2, 0.25) is 0 Å². The summed E-state index contributed by atoms with van der Waals surface area (Å²) in [6.07, 6.45) is 3.56. The van der Waals surface area contributed by atoms with Gasteiger partial charge in [0.05, 0.1) is 25.1 Å². The number of nitrogens with zero attached hydrogens (tertiary/aromatic N) is 6. The molecule has 170 valence electrons. The van der Waals surface area contributed by atoms with Crippen molar-refractivity contribution in [3.8, 4) is 11.3 Å². The topological polar surface area (TPSA) is 89.6 Å². The second-order valence-corrected chi connectivity index (χ2v) is 8.13. The van der Waals surface area contributed by atoms with E-state index in [0.29, 0.717) is 11.3 Å². The number of carbonyl (C=O) groups is 1. The molecule has 0 bridgehead atoms. The number of benzene rings is 1. The van der Waals surface area contributed by atoms with Gasteiger partial charge in [0.1, 0.15) is 0 Å². The van der Waals surface area contributed by atoms with E-state index >= 15 is 0 Å². The van der Waals surface area contributed by atoms with Gasteiger partial charge in [-0.3, -0.25) is 14.4 Å². The normalized spacial score (nSPS) is 14.6. The zero-order valence-corrected chi connectivity index (χ0v) is 18.9. The maximum absolute atomic E-state index is 13.0. The van der Waals surface area contributed by atoms with Crippen LogP contribution in [0.25, 0.3) is 16.9 Å². The summed E-state index contributed by atoms with van der Waals surface area (Å²) in [5.41, 5.74) is 5.69. The van der Waals surface area contributed by atoms with Gasteiger partial charge in [-0.2, -0.15) is 10.2 Å². The summed E-state index contributed by atoms with van der Waals surface area (Å²) < 4.78 is 9.06. The van der Waals surface area contributed by atoms with Crippen LogP contribution in [-0.2, 0) is 17.8 Å². The molecule has 0 aliphatic carbocycles. The molecule has 0 radical (unpaired) electrons. The summed E-state index contributed by atoms with van der Waals surface area (Å²) in [7, 11) is 0. The third-order valence-electron chi connectivity index (χ3n) is 5.96. The first-order valence-electron chi connectivity index (χ1n) is 11.2. The van der Waals surface area contributed by atoms with Crippen molar-refractivity contribution in [2.24, 2.45) is 0 Å². The third-order valence-corrected chi connectivity index (χ3v) is 5.96. The predicted molar refractivity (Wildman–Crippen MR) is 125 cm³/mol. The van der Waals surface area contributed by atoms with E-state index in [-0.39, 0.29) is 5.91 Å². The van der Waals surface area contributed by atoms with Gasteiger partial charge in [0, 0.05) is 55.4 Å². The Morgan fingerprint density at radius 3 is 2.82 bits per heavy atom. The Morgan fingerprint density at radius 1 is 1.18 bits per heavy atom. The predicted octanol–water partition coefficient (Wildman–Crippen LogP) is 3.01. The van der Waals surface area contributed by atoms with E-state index in [1.165, 1.54) is 0 Å². The second-order valence-electron chi connectivity index (χ2n) is 8.13. The summed E-state index contributed by atoms with van der Waals surface area (Å²) in [5.74, 6) is -0.268. The SMILES string of the molecule is CCn1ncc(-c2ccnc3cc(C(=O)Nc4cccc(CN5CCOCC5)c4)nn23)c1C. The van der Waals surface area contributed by atoms with E-state index < -0.39 is 0 Å². The number of fused-ring (bicyclic) bond motifs is 1. The molecular weight excluding hydrogens is 418 g/mol. The zero-order valence-electron chi connectivity index (χ0n) is 18.9. The Labute approximate surface area is 192 Å². The van der Waals surface area contributed by atoms with E-state index in [4.69, 9.17) is 4.74 Å². The molecule has 1 aromatic carbocycles. The highest BCUT2D eigenvalue weighted by Gasteiger charge is 2.17. The van der Waals surface area contributed by atoms with Crippen LogP contribution >= 0.6 is 0 Å². The molecule has 1 fully saturated rings. The van der Waals surface area contributed by atoms with Crippen molar-refractivity contribution in [1.29, 1.82) is 0 Å². The highest BCUT2D eigenvalue weighted by molar-refractivity contribution is 6.03. The monoisotopic (exact) mass is 445 g/mol. The molecular formula is C24H27N7O2. The van der Waals surface area contributed by atoms with Crippen LogP contribution in [0.1, 0.15) is 28.7 Å². The van der Waals surface area contributed by atoms with Crippen LogP contribution in [0.3, 0.4) is 0 Å². The van der Waals surface area contributed by atoms with E-state index in [0.717, 1.165) is 67.6 Å². The molecule has 9 nitrogen and oxygen atoms in total. The lowest BCUT2D eigenvalue weighted by atomic mass is 10.1. The summed E-state index contributed by atoms with van der Waals surface area (Å²) in [5, 5.41) is 12.0. The molecule has 1 aliphatic heterocycles. The summed E-state index contributed by atoms with van der Waals surface area (Å²) in [6, 6.07) is 11.5. The quantitative estimate of drug-likeness (QED) is 0.491. The lowest BCUT2D eigenvalue weighted by molar-refractivity contribution is 0.0342. The minimum absolute atomic E-state index is 0.268. The van der Waals surface area contributed by atoms with Crippen molar-refractivity contribution < 1.29 is 9.53 Å². The number of ether oxygens (including phenoxy) is 1. The molecule has 33 heavy (non-hydrogen) atoms. The molecule has 0 spiro atoms. The number of nitrogens with one attached hydrogen (secondary N) is 1. The molecule has 3 aromatic heterocycles. The molecule has 5 rings (SSSR count). The number of morpholine rings is 1. The van der Waals surface area contributed by atoms with Crippen LogP contribution in [0.4, 0.5) is 5.69 Å². The highest BCUT2D eigenvalue weighted by atomic mass is 16.5. The van der Waals surface area contributed by atoms with E-state index in [9.17, 15) is 4.79 Å². The van der Waals surface area contributed by atoms with Crippen LogP contribution in [0.15, 0.2) is 48.8 Å². The van der Waals surface area contributed by atoms with Gasteiger partial charge in [-0.1, -0.05) is 12.1 Å². The van der Waals surface area contributed by atoms with Crippen LogP contribution in [0.5, 0.6) is 0 Å². The Bertz CT molecular complexity index is 1290. The van der Waals surface area contributed by atoms with Crippen molar-refractivity contribution in [1.82, 2.24) is 29.3 Å². The van der Waals surface area contributed by atoms with Crippen molar-refractivity contribution in [3.63, 3.8) is 0 Å². The van der Waals surface area contributed by atoms with Gasteiger partial charge >= 0.3 is 0 Å². The molecule has 0 unspecified atom stereocenters. The van der Waals surface area contributed by atoms with Gasteiger partial charge in [-0.05, 0) is 37.6 Å². The van der Waals surface area contributed by atoms with Gasteiger partial charge in [0.15, 0.2) is 11.3 Å². The minimum atomic E-state index is -0.268. The van der Waals surface area contributed by atoms with Gasteiger partial charge < -0.3 is 10.1 Å². The van der Waals surface area contributed by atoms with Crippen LogP contribution in [-0.4, -0.2) is 61.5 Å². The summed E-state index contributed by atoms with van der Waals surface area (Å²) >= 11 is 0. The fourth-order valence-corrected chi connectivity index (χ4v) is 4.19. The lowest BCUT2D eigenvalue weighted by Crippen LogP contribution is -2.35. The second kappa shape index (κ2) is 9.13. The largest absolute Gasteiger partial charge is 0.379 e. The van der Waals surface area contributed by atoms with Crippen LogP contribution in [0, 0.1) is 6.92 Å². The number of aromatic nitrogens is 5. The average Bonchev–Trinajstić information content (AvgIpc) is 3.43. The number of anilines is 1. The molecule has 1 amide bonds. The summed E-state index contributed by atoms with van der Waals surface area (Å²) in [4.78, 5) is 19.7. The van der Waals surface area contributed by atoms with Gasteiger partial charge in [-0.25, -0.2) is 9.50 Å². The Balaban J connectivity index is 1.37. The van der Waals surface area contributed by atoms with Gasteiger partial charge in [0.2, 0.25) is 0 Å². The first-order valence-corrected chi connectivity index (χ1v) is 11.2. The molecule has 1 N–H and O–H groups in total. The standard InChI is InChI=1S/C24H27N7O2/c1-3-30-17(2)20(15-26-30)22-7-8-25-23-14-21(28-31(22)23)24(32)27-19-6-4-5-18(13-19)16-29-9-11-33-12-10-29/h4-8,13-15H,3,9-12,16H2,1-2H3,(H,27,32). The van der Waals surface area contributed by atoms with Crippen molar-refractivity contribution in [2.75, 3.05) is 31.6 Å². The molecule has 0 saturated carbocycles. The Morgan fingerprint density at radius 2 is 2.03 bits per heavy atom. The zero-order chi connectivity index (χ0) is 22.8. The average molecular weight is 446 g/mol. The van der Waals surface area contributed by atoms with Crippen LogP contribution < -0.4 is 5.32 Å². The first-order chi connectivity index (χ1) is 16.1. The third kappa shape index (κ3) is 4.37. The number of hydrogen-bond acceptors (Lipinski definition) is 6. The fourth-order valence-electron chi connectivity index (χ4n) is 4.19. The Kier molecular flexibility index (Phi) is 5.89. The first kappa shape index (κ1) is 21.3. The van der Waals surface area contributed by atoms with Gasteiger partial charge in [0.25, 0.3) is 5.91 Å². The maximum Gasteiger partial charge on any atom is 0.276 e. The van der Waals surface area contributed by atoms with E-state index in [2.05, 4.69) is 38.4 Å². The molecule has 1 aliphatic rings. The number of hydrogen-bond donors (Lipinski definition) is 1. The molecule has 4 aromatic rings. The number of aryl methyl sites for hydroxylation is 1. The van der Waals surface area contributed by atoms with E-state index in [1.807, 2.05) is 42.1 Å². The lowest BCUT2D eigenvalue weighted by Gasteiger charge is -2.26. The Hall–Kier alpha value is -3.56. The smallest absolute Gasteiger partial charge is 0.276 e. The van der Waals surface area contributed by atoms with Crippen molar-refractivity contribution in [3.05, 3.63) is 65.7 Å². The summed E-state index contributed by atoms with van der Waals surface area (Å²) in [6.45, 7) is 9.07. The number of carbonyl (C=O) groups excluding carboxylic acids is 1. The molecule has 1 saturated heterocycles. The fraction of sp³-hybridized carbons (Fsp3) is 0.333. The number of amides is 1. The molecule has 4 heterocycles. The maximum atomic E-state index is 13.0.